The smallest absolute Gasteiger partial charge is 0.227 e. The predicted molar refractivity (Wildman–Crippen MR) is 133 cm³/mol. The number of carbonyl (C=O) groups is 1. The zero-order chi connectivity index (χ0) is 23.1. The second kappa shape index (κ2) is 8.76. The van der Waals surface area contributed by atoms with Gasteiger partial charge in [0.15, 0.2) is 0 Å². The summed E-state index contributed by atoms with van der Waals surface area (Å²) in [7, 11) is 1.66. The molecule has 34 heavy (non-hydrogen) atoms. The van der Waals surface area contributed by atoms with Gasteiger partial charge in [0.2, 0.25) is 16.0 Å². The number of nitrogens with zero attached hydrogens (tertiary/aromatic N) is 5. The number of imidazole rings is 1. The molecule has 174 valence electrons. The second-order valence-corrected chi connectivity index (χ2v) is 9.96. The highest BCUT2D eigenvalue weighted by molar-refractivity contribution is 7.20. The highest BCUT2D eigenvalue weighted by Gasteiger charge is 2.32. The molecule has 2 aromatic heterocycles. The molecule has 4 heterocycles. The minimum atomic E-state index is 0.0186. The van der Waals surface area contributed by atoms with E-state index in [4.69, 9.17) is 14.8 Å². The van der Waals surface area contributed by atoms with Gasteiger partial charge in [-0.1, -0.05) is 35.6 Å². The average Bonchev–Trinajstić information content (AvgIpc) is 3.48. The second-order valence-electron chi connectivity index (χ2n) is 9.03. The van der Waals surface area contributed by atoms with Gasteiger partial charge in [-0.2, -0.15) is 0 Å². The van der Waals surface area contributed by atoms with Gasteiger partial charge >= 0.3 is 0 Å². The minimum Gasteiger partial charge on any atom is -0.497 e. The molecule has 0 aliphatic carbocycles. The van der Waals surface area contributed by atoms with Crippen molar-refractivity contribution in [1.82, 2.24) is 19.5 Å². The molecule has 0 N–H and O–H groups in total. The highest BCUT2D eigenvalue weighted by atomic mass is 32.1. The quantitative estimate of drug-likeness (QED) is 0.443. The Labute approximate surface area is 202 Å². The molecule has 1 amide bonds. The third-order valence-corrected chi connectivity index (χ3v) is 7.89. The Bertz CT molecular complexity index is 1300. The summed E-state index contributed by atoms with van der Waals surface area (Å²) in [5.41, 5.74) is 4.58. The number of hydrogen-bond acceptors (Lipinski definition) is 6. The van der Waals surface area contributed by atoms with Crippen LogP contribution in [0.4, 0.5) is 5.13 Å². The zero-order valence-electron chi connectivity index (χ0n) is 19.2. The van der Waals surface area contributed by atoms with Crippen LogP contribution in [0.15, 0.2) is 54.7 Å². The van der Waals surface area contributed by atoms with E-state index in [0.717, 1.165) is 72.5 Å². The molecule has 8 heteroatoms. The molecule has 7 nitrogen and oxygen atoms in total. The van der Waals surface area contributed by atoms with Crippen molar-refractivity contribution in [2.24, 2.45) is 5.92 Å². The lowest BCUT2D eigenvalue weighted by Gasteiger charge is -2.36. The molecule has 4 aromatic rings. The monoisotopic (exact) mass is 473 g/mol. The van der Waals surface area contributed by atoms with Gasteiger partial charge in [0.25, 0.3) is 0 Å². The minimum absolute atomic E-state index is 0.0186. The van der Waals surface area contributed by atoms with E-state index in [1.165, 1.54) is 11.1 Å². The van der Waals surface area contributed by atoms with Gasteiger partial charge in [-0.05, 0) is 54.7 Å². The summed E-state index contributed by atoms with van der Waals surface area (Å²) < 4.78 is 7.10. The van der Waals surface area contributed by atoms with Gasteiger partial charge in [-0.15, -0.1) is 5.10 Å². The summed E-state index contributed by atoms with van der Waals surface area (Å²) in [6, 6.07) is 16.4. The maximum absolute atomic E-state index is 13.4. The summed E-state index contributed by atoms with van der Waals surface area (Å²) in [5, 5.41) is 5.74. The summed E-state index contributed by atoms with van der Waals surface area (Å²) >= 11 is 1.58. The first-order chi connectivity index (χ1) is 16.7. The van der Waals surface area contributed by atoms with Crippen LogP contribution < -0.4 is 9.64 Å². The average molecular weight is 474 g/mol. The number of carbonyl (C=O) groups excluding carboxylic acids is 1. The van der Waals surface area contributed by atoms with Crippen molar-refractivity contribution < 1.29 is 9.53 Å². The summed E-state index contributed by atoms with van der Waals surface area (Å²) in [5.74, 6) is 1.13. The van der Waals surface area contributed by atoms with Gasteiger partial charge in [-0.25, -0.2) is 9.50 Å². The van der Waals surface area contributed by atoms with Crippen LogP contribution in [0.1, 0.15) is 24.0 Å². The Balaban J connectivity index is 1.16. The van der Waals surface area contributed by atoms with Crippen LogP contribution in [-0.4, -0.2) is 52.1 Å². The van der Waals surface area contributed by atoms with Crippen molar-refractivity contribution in [1.29, 1.82) is 0 Å². The van der Waals surface area contributed by atoms with E-state index >= 15 is 0 Å². The number of hydrogen-bond donors (Lipinski definition) is 0. The van der Waals surface area contributed by atoms with Crippen LogP contribution in [0, 0.1) is 5.92 Å². The molecule has 0 spiro atoms. The molecular weight excluding hydrogens is 446 g/mol. The molecule has 0 bridgehead atoms. The van der Waals surface area contributed by atoms with Crippen molar-refractivity contribution >= 4 is 27.3 Å². The fourth-order valence-corrected chi connectivity index (χ4v) is 5.93. The lowest BCUT2D eigenvalue weighted by Crippen LogP contribution is -2.46. The first kappa shape index (κ1) is 21.2. The Morgan fingerprint density at radius 3 is 2.71 bits per heavy atom. The molecule has 6 rings (SSSR count). The predicted octanol–water partition coefficient (Wildman–Crippen LogP) is 4.27. The number of ether oxygens (including phenoxy) is 1. The Morgan fingerprint density at radius 1 is 1.09 bits per heavy atom. The number of fused-ring (bicyclic) bond motifs is 2. The van der Waals surface area contributed by atoms with Gasteiger partial charge in [-0.3, -0.25) is 4.79 Å². The lowest BCUT2D eigenvalue weighted by molar-refractivity contribution is -0.136. The molecular formula is C26H27N5O2S. The Morgan fingerprint density at radius 2 is 1.91 bits per heavy atom. The molecule has 0 unspecified atom stereocenters. The van der Waals surface area contributed by atoms with Gasteiger partial charge in [0.1, 0.15) is 5.75 Å². The largest absolute Gasteiger partial charge is 0.497 e. The van der Waals surface area contributed by atoms with Crippen LogP contribution >= 0.6 is 11.3 Å². The van der Waals surface area contributed by atoms with Crippen LogP contribution in [-0.2, 0) is 17.8 Å². The van der Waals surface area contributed by atoms with E-state index < -0.39 is 0 Å². The number of rotatable bonds is 4. The third kappa shape index (κ3) is 3.92. The first-order valence-electron chi connectivity index (χ1n) is 11.8. The summed E-state index contributed by atoms with van der Waals surface area (Å²) in [6.07, 6.45) is 4.85. The van der Waals surface area contributed by atoms with Crippen molar-refractivity contribution in [2.45, 2.75) is 25.8 Å². The van der Waals surface area contributed by atoms with E-state index in [0.29, 0.717) is 0 Å². The van der Waals surface area contributed by atoms with Crippen LogP contribution in [0.3, 0.4) is 0 Å². The van der Waals surface area contributed by atoms with Crippen molar-refractivity contribution in [2.75, 3.05) is 31.6 Å². The van der Waals surface area contributed by atoms with E-state index in [1.807, 2.05) is 39.9 Å². The molecule has 0 radical (unpaired) electrons. The number of amides is 1. The summed E-state index contributed by atoms with van der Waals surface area (Å²) in [4.78, 5) is 23.3. The van der Waals surface area contributed by atoms with Crippen LogP contribution in [0.2, 0.25) is 0 Å². The van der Waals surface area contributed by atoms with E-state index in [2.05, 4.69) is 29.2 Å². The van der Waals surface area contributed by atoms with Crippen molar-refractivity contribution in [3.05, 3.63) is 65.9 Å². The number of methoxy groups -OCH3 is 1. The van der Waals surface area contributed by atoms with E-state index in [-0.39, 0.29) is 11.8 Å². The van der Waals surface area contributed by atoms with Gasteiger partial charge in [0, 0.05) is 31.7 Å². The molecule has 2 aliphatic rings. The van der Waals surface area contributed by atoms with Gasteiger partial charge in [0.05, 0.1) is 24.9 Å². The first-order valence-corrected chi connectivity index (χ1v) is 12.6. The number of anilines is 1. The maximum Gasteiger partial charge on any atom is 0.227 e. The van der Waals surface area contributed by atoms with Crippen molar-refractivity contribution in [3.8, 4) is 17.0 Å². The molecule has 1 saturated heterocycles. The lowest BCUT2D eigenvalue weighted by atomic mass is 9.94. The fraction of sp³-hybridized carbons (Fsp3) is 0.346. The van der Waals surface area contributed by atoms with Crippen molar-refractivity contribution in [3.63, 3.8) is 0 Å². The number of benzene rings is 2. The SMILES string of the molecule is COc1ccc(-c2cn3nc(N4CCC[C@H](C(=O)N5CCc6ccccc6C5)C4)sc3n2)cc1. The molecule has 2 aromatic carbocycles. The zero-order valence-corrected chi connectivity index (χ0v) is 20.0. The number of aromatic nitrogens is 3. The topological polar surface area (TPSA) is 63.0 Å². The fourth-order valence-electron chi connectivity index (χ4n) is 5.01. The maximum atomic E-state index is 13.4. The molecule has 2 aliphatic heterocycles. The molecule has 0 saturated carbocycles. The molecule has 1 atom stereocenters. The van der Waals surface area contributed by atoms with Crippen LogP contribution in [0.25, 0.3) is 16.2 Å². The van der Waals surface area contributed by atoms with Crippen LogP contribution in [0.5, 0.6) is 5.75 Å². The Kier molecular flexibility index (Phi) is 5.45. The number of piperidine rings is 1. The summed E-state index contributed by atoms with van der Waals surface area (Å²) in [6.45, 7) is 3.18. The van der Waals surface area contributed by atoms with Gasteiger partial charge < -0.3 is 14.5 Å². The van der Waals surface area contributed by atoms with E-state index in [9.17, 15) is 4.79 Å². The Hall–Kier alpha value is -3.39. The normalized spacial score (nSPS) is 18.2. The third-order valence-electron chi connectivity index (χ3n) is 6.90. The standard InChI is InChI=1S/C26H27N5O2S/c1-33-22-10-8-19(9-11-22)23-17-31-25(27-23)34-26(28-31)30-13-4-7-21(16-30)24(32)29-14-12-18-5-2-3-6-20(18)15-29/h2-3,5-6,8-11,17,21H,4,7,12-16H2,1H3/t21-/m0/s1. The molecule has 1 fully saturated rings. The van der Waals surface area contributed by atoms with E-state index in [1.54, 1.807) is 18.4 Å². The highest BCUT2D eigenvalue weighted by Crippen LogP contribution is 2.31.